The first-order valence-electron chi connectivity index (χ1n) is 9.14. The number of hydrogen-bond acceptors (Lipinski definition) is 3. The zero-order chi connectivity index (χ0) is 17.8. The van der Waals surface area contributed by atoms with Crippen LogP contribution in [0.1, 0.15) is 78.8 Å². The van der Waals surface area contributed by atoms with Crippen molar-refractivity contribution in [3.8, 4) is 0 Å². The molecular weight excluding hydrogens is 298 g/mol. The molecule has 2 heterocycles. The van der Waals surface area contributed by atoms with Gasteiger partial charge in [0.15, 0.2) is 5.89 Å². The van der Waals surface area contributed by atoms with Gasteiger partial charge in [0.25, 0.3) is 0 Å². The number of imidazole rings is 1. The summed E-state index contributed by atoms with van der Waals surface area (Å²) in [4.78, 5) is 8.55. The summed E-state index contributed by atoms with van der Waals surface area (Å²) in [6.07, 6.45) is 12.8. The first-order valence-corrected chi connectivity index (χ1v) is 9.14. The molecule has 4 heteroatoms. The van der Waals surface area contributed by atoms with Crippen LogP contribution in [0.4, 0.5) is 0 Å². The number of rotatable bonds is 4. The van der Waals surface area contributed by atoms with E-state index in [9.17, 15) is 0 Å². The van der Waals surface area contributed by atoms with Crippen molar-refractivity contribution in [3.63, 3.8) is 0 Å². The third-order valence-corrected chi connectivity index (χ3v) is 4.99. The molecule has 0 amide bonds. The number of oxazole rings is 1. The normalized spacial score (nSPS) is 15.6. The van der Waals surface area contributed by atoms with Crippen LogP contribution < -0.4 is 0 Å². The lowest BCUT2D eigenvalue weighted by Crippen LogP contribution is -2.17. The fraction of sp³-hybridized carbons (Fsp3) is 0.700. The molecule has 4 nitrogen and oxygen atoms in total. The summed E-state index contributed by atoms with van der Waals surface area (Å²) < 4.78 is 7.43. The predicted molar refractivity (Wildman–Crippen MR) is 98.1 cm³/mol. The van der Waals surface area contributed by atoms with Crippen LogP contribution in [0.5, 0.6) is 0 Å². The van der Waals surface area contributed by atoms with Crippen LogP contribution in [0.25, 0.3) is 0 Å². The fourth-order valence-corrected chi connectivity index (χ4v) is 2.53. The maximum atomic E-state index is 5.18. The van der Waals surface area contributed by atoms with E-state index in [0.717, 1.165) is 18.2 Å². The molecule has 0 saturated heterocycles. The van der Waals surface area contributed by atoms with Gasteiger partial charge in [-0.2, -0.15) is 0 Å². The average Bonchev–Trinajstić information content (AvgIpc) is 3.14. The van der Waals surface area contributed by atoms with Gasteiger partial charge in [-0.05, 0) is 25.2 Å². The summed E-state index contributed by atoms with van der Waals surface area (Å²) in [6, 6.07) is 0. The third kappa shape index (κ3) is 4.96. The summed E-state index contributed by atoms with van der Waals surface area (Å²) in [5.41, 5.74) is 1.48. The second-order valence-corrected chi connectivity index (χ2v) is 8.58. The monoisotopic (exact) mass is 331 g/mol. The first-order chi connectivity index (χ1) is 11.2. The van der Waals surface area contributed by atoms with E-state index in [4.69, 9.17) is 4.42 Å². The molecule has 0 aliphatic heterocycles. The standard InChI is InChI=1S/C12H20N2.C8H13NO/c1-12(2,3)11-8-14(9-13-11)7-10-5-4-6-10;1-4-8(2,3)7-9-5-6-10-7/h8-10H,4-7H2,1-3H3;5-6H,4H2,1-3H3. The molecule has 134 valence electrons. The van der Waals surface area contributed by atoms with Crippen LogP contribution in [0, 0.1) is 5.92 Å². The van der Waals surface area contributed by atoms with Crippen LogP contribution >= 0.6 is 0 Å². The topological polar surface area (TPSA) is 43.9 Å². The van der Waals surface area contributed by atoms with Crippen molar-refractivity contribution in [2.24, 2.45) is 5.92 Å². The molecular formula is C20H33N3O. The van der Waals surface area contributed by atoms with E-state index in [0.29, 0.717) is 0 Å². The van der Waals surface area contributed by atoms with Gasteiger partial charge in [-0.25, -0.2) is 9.97 Å². The Morgan fingerprint density at radius 3 is 2.29 bits per heavy atom. The van der Waals surface area contributed by atoms with E-state index in [1.165, 1.54) is 31.5 Å². The molecule has 2 aromatic rings. The zero-order valence-corrected chi connectivity index (χ0v) is 16.2. The van der Waals surface area contributed by atoms with Gasteiger partial charge in [0.05, 0.1) is 18.2 Å². The van der Waals surface area contributed by atoms with Crippen molar-refractivity contribution in [1.82, 2.24) is 14.5 Å². The van der Waals surface area contributed by atoms with Gasteiger partial charge in [-0.3, -0.25) is 0 Å². The maximum Gasteiger partial charge on any atom is 0.199 e. The minimum absolute atomic E-state index is 0.0868. The number of hydrogen-bond donors (Lipinski definition) is 0. The Labute approximate surface area is 146 Å². The highest BCUT2D eigenvalue weighted by atomic mass is 16.3. The van der Waals surface area contributed by atoms with Crippen LogP contribution in [0.15, 0.2) is 29.4 Å². The van der Waals surface area contributed by atoms with Crippen LogP contribution in [0.2, 0.25) is 0 Å². The van der Waals surface area contributed by atoms with Crippen LogP contribution in [-0.2, 0) is 17.4 Å². The van der Waals surface area contributed by atoms with Crippen molar-refractivity contribution in [2.75, 3.05) is 0 Å². The molecule has 1 aliphatic carbocycles. The Morgan fingerprint density at radius 1 is 1.17 bits per heavy atom. The SMILES string of the molecule is CC(C)(C)c1cn(CC2CCC2)cn1.CCC(C)(C)c1ncco1. The van der Waals surface area contributed by atoms with Crippen molar-refractivity contribution >= 4 is 0 Å². The number of aromatic nitrogens is 3. The van der Waals surface area contributed by atoms with E-state index in [1.54, 1.807) is 12.5 Å². The Kier molecular flexibility index (Phi) is 5.89. The van der Waals surface area contributed by atoms with Gasteiger partial charge in [-0.1, -0.05) is 48.0 Å². The van der Waals surface area contributed by atoms with E-state index >= 15 is 0 Å². The second kappa shape index (κ2) is 7.54. The summed E-state index contributed by atoms with van der Waals surface area (Å²) >= 11 is 0. The average molecular weight is 332 g/mol. The predicted octanol–water partition coefficient (Wildman–Crippen LogP) is 5.34. The maximum absolute atomic E-state index is 5.18. The highest BCUT2D eigenvalue weighted by Crippen LogP contribution is 2.28. The van der Waals surface area contributed by atoms with E-state index < -0.39 is 0 Å². The summed E-state index contributed by atoms with van der Waals surface area (Å²) in [5, 5.41) is 0. The van der Waals surface area contributed by atoms with E-state index in [2.05, 4.69) is 62.3 Å². The molecule has 3 rings (SSSR count). The molecule has 0 unspecified atom stereocenters. The molecule has 0 aromatic carbocycles. The molecule has 0 N–H and O–H groups in total. The zero-order valence-electron chi connectivity index (χ0n) is 16.2. The summed E-state index contributed by atoms with van der Waals surface area (Å²) in [6.45, 7) is 14.2. The van der Waals surface area contributed by atoms with Gasteiger partial charge in [-0.15, -0.1) is 0 Å². The second-order valence-electron chi connectivity index (χ2n) is 8.58. The van der Waals surface area contributed by atoms with Crippen molar-refractivity contribution in [3.05, 3.63) is 36.6 Å². The lowest BCUT2D eigenvalue weighted by atomic mass is 9.85. The van der Waals surface area contributed by atoms with Crippen LogP contribution in [0.3, 0.4) is 0 Å². The molecule has 0 spiro atoms. The molecule has 1 saturated carbocycles. The lowest BCUT2D eigenvalue weighted by molar-refractivity contribution is 0.276. The van der Waals surface area contributed by atoms with E-state index in [-0.39, 0.29) is 10.8 Å². The molecule has 0 bridgehead atoms. The summed E-state index contributed by atoms with van der Waals surface area (Å²) in [5.74, 6) is 1.74. The lowest BCUT2D eigenvalue weighted by Gasteiger charge is -2.25. The van der Waals surface area contributed by atoms with Crippen LogP contribution in [-0.4, -0.2) is 14.5 Å². The molecule has 0 atom stereocenters. The molecule has 2 aromatic heterocycles. The van der Waals surface area contributed by atoms with Gasteiger partial charge in [0.1, 0.15) is 6.26 Å². The quantitative estimate of drug-likeness (QED) is 0.759. The third-order valence-electron chi connectivity index (χ3n) is 4.99. The Bertz CT molecular complexity index is 601. The van der Waals surface area contributed by atoms with Crippen molar-refractivity contribution in [1.29, 1.82) is 0 Å². The van der Waals surface area contributed by atoms with E-state index in [1.807, 2.05) is 6.33 Å². The van der Waals surface area contributed by atoms with Gasteiger partial charge in [0, 0.05) is 23.6 Å². The molecule has 1 fully saturated rings. The minimum atomic E-state index is 0.0868. The minimum Gasteiger partial charge on any atom is -0.448 e. The van der Waals surface area contributed by atoms with Crippen molar-refractivity contribution < 1.29 is 4.42 Å². The van der Waals surface area contributed by atoms with Gasteiger partial charge < -0.3 is 8.98 Å². The first kappa shape index (κ1) is 18.8. The molecule has 24 heavy (non-hydrogen) atoms. The largest absolute Gasteiger partial charge is 0.448 e. The molecule has 1 aliphatic rings. The summed E-state index contributed by atoms with van der Waals surface area (Å²) in [7, 11) is 0. The fourth-order valence-electron chi connectivity index (χ4n) is 2.53. The highest BCUT2D eigenvalue weighted by molar-refractivity contribution is 5.09. The van der Waals surface area contributed by atoms with Crippen molar-refractivity contribution in [2.45, 2.75) is 84.6 Å². The van der Waals surface area contributed by atoms with Gasteiger partial charge >= 0.3 is 0 Å². The Balaban J connectivity index is 0.000000185. The van der Waals surface area contributed by atoms with Gasteiger partial charge in [0.2, 0.25) is 0 Å². The smallest absolute Gasteiger partial charge is 0.199 e. The molecule has 0 radical (unpaired) electrons. The highest BCUT2D eigenvalue weighted by Gasteiger charge is 2.22. The Hall–Kier alpha value is -1.58. The number of nitrogens with zero attached hydrogens (tertiary/aromatic N) is 3. The Morgan fingerprint density at radius 2 is 1.88 bits per heavy atom.